The fourth-order valence-electron chi connectivity index (χ4n) is 0.948. The zero-order valence-electron chi connectivity index (χ0n) is 8.45. The summed E-state index contributed by atoms with van der Waals surface area (Å²) in [5, 5.41) is 1.19. The molecule has 0 aliphatic rings. The second-order valence-corrected chi connectivity index (χ2v) is 4.70. The fourth-order valence-corrected chi connectivity index (χ4v) is 1.95. The van der Waals surface area contributed by atoms with Crippen molar-refractivity contribution in [2.24, 2.45) is 5.73 Å². The minimum atomic E-state index is -0.207. The Bertz CT molecular complexity index is 459. The van der Waals surface area contributed by atoms with Gasteiger partial charge in [-0.2, -0.15) is 0 Å². The lowest BCUT2D eigenvalue weighted by atomic mass is 10.2. The molecule has 1 atom stereocenters. The van der Waals surface area contributed by atoms with Gasteiger partial charge in [0.1, 0.15) is 0 Å². The summed E-state index contributed by atoms with van der Waals surface area (Å²) in [6.07, 6.45) is 0.754. The molecule has 0 spiro atoms. The minimum Gasteiger partial charge on any atom is -0.318 e. The number of hydrogen-bond acceptors (Lipinski definition) is 1. The molecule has 5 heteroatoms. The average molecular weight is 297 g/mol. The monoisotopic (exact) mass is 295 g/mol. The fraction of sp³-hybridized carbons (Fsp3) is 0.273. The molecule has 0 radical (unpaired) electrons. The molecule has 1 aromatic carbocycles. The Morgan fingerprint density at radius 3 is 2.38 bits per heavy atom. The topological polar surface area (TPSA) is 26.0 Å². The highest BCUT2D eigenvalue weighted by atomic mass is 35.5. The summed E-state index contributed by atoms with van der Waals surface area (Å²) in [6, 6.07) is 1.31. The number of halogens is 4. The minimum absolute atomic E-state index is 0.207. The van der Waals surface area contributed by atoms with E-state index in [1.807, 2.05) is 6.92 Å². The van der Waals surface area contributed by atoms with Crippen LogP contribution in [0.15, 0.2) is 6.07 Å². The maximum atomic E-state index is 5.99. The van der Waals surface area contributed by atoms with Crippen molar-refractivity contribution in [1.82, 2.24) is 0 Å². The van der Waals surface area contributed by atoms with Crippen LogP contribution in [0, 0.1) is 11.8 Å². The molecule has 1 aromatic rings. The summed E-state index contributed by atoms with van der Waals surface area (Å²) in [5.41, 5.74) is 6.13. The highest BCUT2D eigenvalue weighted by molar-refractivity contribution is 6.49. The van der Waals surface area contributed by atoms with E-state index in [0.717, 1.165) is 6.42 Å². The molecule has 1 nitrogen and oxygen atoms in total. The van der Waals surface area contributed by atoms with Crippen LogP contribution in [0.2, 0.25) is 20.1 Å². The van der Waals surface area contributed by atoms with Crippen molar-refractivity contribution in [2.45, 2.75) is 19.4 Å². The van der Waals surface area contributed by atoms with Crippen molar-refractivity contribution in [3.63, 3.8) is 0 Å². The number of hydrogen-bond donors (Lipinski definition) is 1. The van der Waals surface area contributed by atoms with Crippen LogP contribution in [0.25, 0.3) is 0 Å². The first kappa shape index (κ1) is 14.0. The summed E-state index contributed by atoms with van der Waals surface area (Å²) in [6.45, 7) is 1.94. The molecule has 0 saturated carbocycles. The Labute approximate surface area is 115 Å². The molecule has 0 amide bonds. The summed E-state index contributed by atoms with van der Waals surface area (Å²) < 4.78 is 0. The highest BCUT2D eigenvalue weighted by Crippen LogP contribution is 2.36. The molecule has 0 saturated heterocycles. The van der Waals surface area contributed by atoms with E-state index in [9.17, 15) is 0 Å². The van der Waals surface area contributed by atoms with Crippen LogP contribution in [0.3, 0.4) is 0 Å². The third kappa shape index (κ3) is 3.20. The largest absolute Gasteiger partial charge is 0.318 e. The van der Waals surface area contributed by atoms with Crippen LogP contribution in [-0.4, -0.2) is 6.04 Å². The van der Waals surface area contributed by atoms with Crippen molar-refractivity contribution in [2.75, 3.05) is 0 Å². The first-order valence-electron chi connectivity index (χ1n) is 4.57. The van der Waals surface area contributed by atoms with Crippen molar-refractivity contribution >= 4 is 46.4 Å². The number of rotatable bonds is 1. The van der Waals surface area contributed by atoms with Crippen LogP contribution < -0.4 is 5.73 Å². The van der Waals surface area contributed by atoms with E-state index in [4.69, 9.17) is 52.1 Å². The van der Waals surface area contributed by atoms with Gasteiger partial charge in [0.25, 0.3) is 0 Å². The number of nitrogens with two attached hydrogens (primary N) is 1. The molecule has 0 bridgehead atoms. The standard InChI is InChI=1S/C11H9Cl4N/c1-2-6(16)3-4-7-8(12)5-9(13)11(15)10(7)14/h5-6H,2,16H2,1H3. The zero-order chi connectivity index (χ0) is 12.3. The van der Waals surface area contributed by atoms with Crippen molar-refractivity contribution < 1.29 is 0 Å². The van der Waals surface area contributed by atoms with Gasteiger partial charge in [-0.3, -0.25) is 0 Å². The molecule has 0 heterocycles. The molecule has 0 aromatic heterocycles. The van der Waals surface area contributed by atoms with Gasteiger partial charge in [0.2, 0.25) is 0 Å². The molecule has 86 valence electrons. The molecule has 0 aliphatic carbocycles. The average Bonchev–Trinajstić information content (AvgIpc) is 2.25. The predicted molar refractivity (Wildman–Crippen MR) is 71.6 cm³/mol. The Morgan fingerprint density at radius 2 is 1.81 bits per heavy atom. The van der Waals surface area contributed by atoms with Crippen LogP contribution >= 0.6 is 46.4 Å². The van der Waals surface area contributed by atoms with E-state index in [1.54, 1.807) is 0 Å². The van der Waals surface area contributed by atoms with Crippen molar-refractivity contribution in [3.8, 4) is 11.8 Å². The van der Waals surface area contributed by atoms with Gasteiger partial charge in [-0.05, 0) is 12.5 Å². The second kappa shape index (κ2) is 6.00. The van der Waals surface area contributed by atoms with E-state index in [1.165, 1.54) is 6.07 Å². The maximum absolute atomic E-state index is 5.99. The third-order valence-corrected chi connectivity index (χ3v) is 3.50. The molecular formula is C11H9Cl4N. The lowest BCUT2D eigenvalue weighted by molar-refractivity contribution is 0.806. The summed E-state index contributed by atoms with van der Waals surface area (Å²) in [7, 11) is 0. The lowest BCUT2D eigenvalue weighted by Crippen LogP contribution is -2.15. The normalized spacial score (nSPS) is 11.9. The first-order chi connectivity index (χ1) is 7.47. The molecular weight excluding hydrogens is 288 g/mol. The predicted octanol–water partition coefficient (Wildman–Crippen LogP) is 4.39. The number of benzene rings is 1. The van der Waals surface area contributed by atoms with Gasteiger partial charge in [0, 0.05) is 0 Å². The van der Waals surface area contributed by atoms with Crippen LogP contribution in [-0.2, 0) is 0 Å². The van der Waals surface area contributed by atoms with Crippen LogP contribution in [0.4, 0.5) is 0 Å². The smallest absolute Gasteiger partial charge is 0.0792 e. The van der Waals surface area contributed by atoms with Gasteiger partial charge in [0.05, 0.1) is 31.7 Å². The Morgan fingerprint density at radius 1 is 1.19 bits per heavy atom. The summed E-state index contributed by atoms with van der Waals surface area (Å²) >= 11 is 23.6. The van der Waals surface area contributed by atoms with Crippen LogP contribution in [0.5, 0.6) is 0 Å². The van der Waals surface area contributed by atoms with Gasteiger partial charge in [0.15, 0.2) is 0 Å². The molecule has 1 rings (SSSR count). The quantitative estimate of drug-likeness (QED) is 0.464. The molecule has 0 aliphatic heterocycles. The molecule has 1 unspecified atom stereocenters. The van der Waals surface area contributed by atoms with Gasteiger partial charge < -0.3 is 5.73 Å². The van der Waals surface area contributed by atoms with Gasteiger partial charge in [-0.25, -0.2) is 0 Å². The SMILES string of the molecule is CCC(N)C#Cc1c(Cl)cc(Cl)c(Cl)c1Cl. The Balaban J connectivity index is 3.23. The third-order valence-electron chi connectivity index (χ3n) is 1.94. The second-order valence-electron chi connectivity index (χ2n) is 3.13. The van der Waals surface area contributed by atoms with Crippen molar-refractivity contribution in [1.29, 1.82) is 0 Å². The van der Waals surface area contributed by atoms with E-state index in [0.29, 0.717) is 15.6 Å². The van der Waals surface area contributed by atoms with Crippen molar-refractivity contribution in [3.05, 3.63) is 31.7 Å². The van der Waals surface area contributed by atoms with Crippen LogP contribution in [0.1, 0.15) is 18.9 Å². The van der Waals surface area contributed by atoms with E-state index < -0.39 is 0 Å². The zero-order valence-corrected chi connectivity index (χ0v) is 11.5. The summed E-state index contributed by atoms with van der Waals surface area (Å²) in [5.74, 6) is 5.65. The first-order valence-corrected chi connectivity index (χ1v) is 6.08. The summed E-state index contributed by atoms with van der Waals surface area (Å²) in [4.78, 5) is 0. The maximum Gasteiger partial charge on any atom is 0.0792 e. The molecule has 16 heavy (non-hydrogen) atoms. The van der Waals surface area contributed by atoms with E-state index in [-0.39, 0.29) is 16.1 Å². The Kier molecular flexibility index (Phi) is 5.24. The van der Waals surface area contributed by atoms with E-state index >= 15 is 0 Å². The van der Waals surface area contributed by atoms with Gasteiger partial charge >= 0.3 is 0 Å². The van der Waals surface area contributed by atoms with Gasteiger partial charge in [-0.1, -0.05) is 65.2 Å². The Hall–Kier alpha value is -0.100. The lowest BCUT2D eigenvalue weighted by Gasteiger charge is -2.04. The van der Waals surface area contributed by atoms with E-state index in [2.05, 4.69) is 11.8 Å². The van der Waals surface area contributed by atoms with Gasteiger partial charge in [-0.15, -0.1) is 0 Å². The molecule has 0 fully saturated rings. The highest BCUT2D eigenvalue weighted by Gasteiger charge is 2.11. The molecule has 2 N–H and O–H groups in total.